The highest BCUT2D eigenvalue weighted by Gasteiger charge is 2.37. The van der Waals surface area contributed by atoms with Gasteiger partial charge in [-0.3, -0.25) is 4.79 Å². The van der Waals surface area contributed by atoms with Crippen LogP contribution in [0.2, 0.25) is 0 Å². The first-order chi connectivity index (χ1) is 15.7. The van der Waals surface area contributed by atoms with Crippen molar-refractivity contribution in [3.05, 3.63) is 65.0 Å². The van der Waals surface area contributed by atoms with Gasteiger partial charge >= 0.3 is 6.09 Å². The van der Waals surface area contributed by atoms with Gasteiger partial charge in [0.05, 0.1) is 17.0 Å². The van der Waals surface area contributed by atoms with Crippen LogP contribution < -0.4 is 5.73 Å². The van der Waals surface area contributed by atoms with E-state index in [0.29, 0.717) is 23.2 Å². The van der Waals surface area contributed by atoms with Crippen LogP contribution in [0.25, 0.3) is 23.5 Å². The monoisotopic (exact) mass is 445 g/mol. The summed E-state index contributed by atoms with van der Waals surface area (Å²) < 4.78 is 7.42. The predicted molar refractivity (Wildman–Crippen MR) is 127 cm³/mol. The molecule has 0 bridgehead atoms. The number of nitrogen functional groups attached to an aromatic ring is 1. The Hall–Kier alpha value is -3.94. The Bertz CT molecular complexity index is 1240. The molecule has 0 atom stereocenters. The number of aromatic nitrogens is 3. The Labute approximate surface area is 192 Å². The zero-order chi connectivity index (χ0) is 23.8. The molecule has 0 aliphatic carbocycles. The Morgan fingerprint density at radius 2 is 1.88 bits per heavy atom. The Kier molecular flexibility index (Phi) is 5.76. The second-order valence-electron chi connectivity index (χ2n) is 8.87. The summed E-state index contributed by atoms with van der Waals surface area (Å²) in [6.07, 6.45) is 5.27. The number of benzene rings is 1. The van der Waals surface area contributed by atoms with Crippen LogP contribution in [0.1, 0.15) is 48.0 Å². The van der Waals surface area contributed by atoms with Crippen LogP contribution in [-0.4, -0.2) is 43.6 Å². The van der Waals surface area contributed by atoms with Crippen LogP contribution in [-0.2, 0) is 18.2 Å². The van der Waals surface area contributed by atoms with E-state index < -0.39 is 11.7 Å². The summed E-state index contributed by atoms with van der Waals surface area (Å²) in [4.78, 5) is 35.9. The molecule has 1 aliphatic heterocycles. The number of anilines is 1. The van der Waals surface area contributed by atoms with Gasteiger partial charge in [-0.1, -0.05) is 42.5 Å². The van der Waals surface area contributed by atoms with Crippen molar-refractivity contribution in [1.82, 2.24) is 19.4 Å². The molecule has 8 heteroatoms. The fourth-order valence-electron chi connectivity index (χ4n) is 3.96. The van der Waals surface area contributed by atoms with Crippen molar-refractivity contribution in [2.24, 2.45) is 7.05 Å². The summed E-state index contributed by atoms with van der Waals surface area (Å²) in [5.41, 5.74) is 9.44. The molecule has 2 aromatic heterocycles. The van der Waals surface area contributed by atoms with Gasteiger partial charge in [0.2, 0.25) is 5.95 Å². The second-order valence-corrected chi connectivity index (χ2v) is 8.87. The van der Waals surface area contributed by atoms with Crippen molar-refractivity contribution in [1.29, 1.82) is 0 Å². The summed E-state index contributed by atoms with van der Waals surface area (Å²) in [6, 6.07) is 11.5. The minimum atomic E-state index is -0.700. The third-order valence-corrected chi connectivity index (χ3v) is 5.36. The number of hydrogen-bond donors (Lipinski definition) is 1. The van der Waals surface area contributed by atoms with Crippen LogP contribution in [0.3, 0.4) is 0 Å². The molecule has 1 aliphatic rings. The van der Waals surface area contributed by atoms with E-state index >= 15 is 0 Å². The van der Waals surface area contributed by atoms with Gasteiger partial charge in [-0.2, -0.15) is 0 Å². The number of rotatable bonds is 3. The third kappa shape index (κ3) is 4.50. The highest BCUT2D eigenvalue weighted by molar-refractivity contribution is 6.09. The minimum absolute atomic E-state index is 0.145. The largest absolute Gasteiger partial charge is 0.443 e. The number of nitrogens with two attached hydrogens (primary N) is 1. The fraction of sp³-hybridized carbons (Fsp3) is 0.280. The number of nitrogens with zero attached hydrogens (tertiary/aromatic N) is 4. The van der Waals surface area contributed by atoms with Crippen LogP contribution in [0, 0.1) is 0 Å². The average Bonchev–Trinajstić information content (AvgIpc) is 3.04. The number of imide groups is 1. The average molecular weight is 446 g/mol. The van der Waals surface area contributed by atoms with Crippen molar-refractivity contribution in [2.75, 3.05) is 12.3 Å². The van der Waals surface area contributed by atoms with Gasteiger partial charge in [0, 0.05) is 37.5 Å². The smallest absolute Gasteiger partial charge is 0.417 e. The van der Waals surface area contributed by atoms with E-state index in [0.717, 1.165) is 17.0 Å². The lowest BCUT2D eigenvalue weighted by molar-refractivity contribution is 0.0232. The Morgan fingerprint density at radius 1 is 1.15 bits per heavy atom. The quantitative estimate of drug-likeness (QED) is 0.649. The van der Waals surface area contributed by atoms with E-state index in [-0.39, 0.29) is 18.4 Å². The van der Waals surface area contributed by atoms with Gasteiger partial charge in [-0.05, 0) is 32.4 Å². The van der Waals surface area contributed by atoms with Crippen LogP contribution >= 0.6 is 0 Å². The molecule has 2 amide bonds. The first-order valence-corrected chi connectivity index (χ1v) is 10.7. The normalized spacial score (nSPS) is 13.9. The molecule has 4 rings (SSSR count). The van der Waals surface area contributed by atoms with Gasteiger partial charge in [-0.15, -0.1) is 0 Å². The molecule has 8 nitrogen and oxygen atoms in total. The second kappa shape index (κ2) is 8.54. The molecule has 33 heavy (non-hydrogen) atoms. The molecular weight excluding hydrogens is 418 g/mol. The molecular formula is C25H27N5O3. The van der Waals surface area contributed by atoms with E-state index in [4.69, 9.17) is 10.5 Å². The number of carbonyl (C=O) groups is 2. The zero-order valence-electron chi connectivity index (χ0n) is 19.2. The van der Waals surface area contributed by atoms with Gasteiger partial charge in [0.25, 0.3) is 5.91 Å². The van der Waals surface area contributed by atoms with Crippen molar-refractivity contribution < 1.29 is 14.3 Å². The number of hydrogen-bond acceptors (Lipinski definition) is 6. The number of fused-ring (bicyclic) bond motifs is 1. The van der Waals surface area contributed by atoms with Crippen molar-refractivity contribution >= 4 is 30.1 Å². The van der Waals surface area contributed by atoms with E-state index in [2.05, 4.69) is 9.97 Å². The Balaban J connectivity index is 1.85. The molecule has 3 heterocycles. The third-order valence-electron chi connectivity index (χ3n) is 5.36. The highest BCUT2D eigenvalue weighted by atomic mass is 16.6. The first kappa shape index (κ1) is 22.3. The molecule has 0 saturated carbocycles. The van der Waals surface area contributed by atoms with E-state index in [1.165, 1.54) is 4.90 Å². The van der Waals surface area contributed by atoms with Gasteiger partial charge in [0.15, 0.2) is 0 Å². The maximum Gasteiger partial charge on any atom is 0.417 e. The summed E-state index contributed by atoms with van der Waals surface area (Å²) >= 11 is 0. The number of carbonyl (C=O) groups excluding carboxylic acids is 2. The Morgan fingerprint density at radius 3 is 2.55 bits per heavy atom. The van der Waals surface area contributed by atoms with Gasteiger partial charge in [0.1, 0.15) is 5.60 Å². The highest BCUT2D eigenvalue weighted by Crippen LogP contribution is 2.35. The van der Waals surface area contributed by atoms with Crippen LogP contribution in [0.5, 0.6) is 0 Å². The SMILES string of the molecule is Cn1c2c(c(C=Cc3ccccc3)c1-c1ccnc(N)n1)C(=O)N(C(=O)OC(C)(C)C)CC2. The van der Waals surface area contributed by atoms with Crippen molar-refractivity contribution in [2.45, 2.75) is 32.8 Å². The zero-order valence-corrected chi connectivity index (χ0v) is 19.2. The minimum Gasteiger partial charge on any atom is -0.443 e. The number of amides is 2. The van der Waals surface area contributed by atoms with Crippen molar-refractivity contribution in [3.63, 3.8) is 0 Å². The lowest BCUT2D eigenvalue weighted by Crippen LogP contribution is -2.45. The first-order valence-electron chi connectivity index (χ1n) is 10.7. The van der Waals surface area contributed by atoms with Gasteiger partial charge in [-0.25, -0.2) is 19.7 Å². The lowest BCUT2D eigenvalue weighted by Gasteiger charge is -2.29. The van der Waals surface area contributed by atoms with E-state index in [1.807, 2.05) is 54.1 Å². The molecule has 0 saturated heterocycles. The summed E-state index contributed by atoms with van der Waals surface area (Å²) in [5, 5.41) is 0. The topological polar surface area (TPSA) is 103 Å². The van der Waals surface area contributed by atoms with Crippen LogP contribution in [0.4, 0.5) is 10.7 Å². The molecule has 3 aromatic rings. The maximum atomic E-state index is 13.6. The number of ether oxygens (including phenoxy) is 1. The predicted octanol–water partition coefficient (Wildman–Crippen LogP) is 4.17. The standard InChI is InChI=1S/C25H27N5O3/c1-25(2,3)33-24(32)30-15-13-19-20(22(30)31)17(11-10-16-8-6-5-7-9-16)21(29(19)4)18-12-14-27-23(26)28-18/h5-12,14H,13,15H2,1-4H3,(H2,26,27,28). The molecule has 0 radical (unpaired) electrons. The molecule has 1 aromatic carbocycles. The van der Waals surface area contributed by atoms with Crippen LogP contribution in [0.15, 0.2) is 42.6 Å². The fourth-order valence-corrected chi connectivity index (χ4v) is 3.96. The molecule has 170 valence electrons. The molecule has 2 N–H and O–H groups in total. The maximum absolute atomic E-state index is 13.6. The van der Waals surface area contributed by atoms with E-state index in [9.17, 15) is 9.59 Å². The van der Waals surface area contributed by atoms with Gasteiger partial charge < -0.3 is 15.0 Å². The summed E-state index contributed by atoms with van der Waals surface area (Å²) in [5.74, 6) is -0.242. The lowest BCUT2D eigenvalue weighted by atomic mass is 10.00. The molecule has 0 spiro atoms. The van der Waals surface area contributed by atoms with E-state index in [1.54, 1.807) is 33.0 Å². The summed E-state index contributed by atoms with van der Waals surface area (Å²) in [7, 11) is 1.89. The summed E-state index contributed by atoms with van der Waals surface area (Å²) in [6.45, 7) is 5.57. The van der Waals surface area contributed by atoms with Crippen molar-refractivity contribution in [3.8, 4) is 11.4 Å². The molecule has 0 unspecified atom stereocenters. The molecule has 0 fully saturated rings.